The van der Waals surface area contributed by atoms with Crippen molar-refractivity contribution in [3.63, 3.8) is 0 Å². The molecular formula is C17H24N4O3S. The first-order valence-corrected chi connectivity index (χ1v) is 8.56. The number of H-pyrrole nitrogens is 1. The lowest BCUT2D eigenvalue weighted by Gasteiger charge is -2.18. The maximum atomic E-state index is 12.4. The number of nitrogens with zero attached hydrogens (tertiary/aromatic N) is 2. The molecule has 2 rings (SSSR count). The summed E-state index contributed by atoms with van der Waals surface area (Å²) >= 11 is 5.21. The van der Waals surface area contributed by atoms with Gasteiger partial charge in [0, 0.05) is 18.1 Å². The molecule has 0 aliphatic heterocycles. The molecule has 1 heterocycles. The topological polar surface area (TPSA) is 81.2 Å². The molecule has 136 valence electrons. The van der Waals surface area contributed by atoms with E-state index in [9.17, 15) is 4.79 Å². The van der Waals surface area contributed by atoms with Crippen molar-refractivity contribution < 1.29 is 14.3 Å². The molecule has 2 N–H and O–H groups in total. The minimum atomic E-state index is -0.218. The number of amides is 1. The van der Waals surface area contributed by atoms with Crippen molar-refractivity contribution in [1.29, 1.82) is 0 Å². The fraction of sp³-hybridized carbons (Fsp3) is 0.471. The second-order valence-corrected chi connectivity index (χ2v) is 6.06. The van der Waals surface area contributed by atoms with Crippen molar-refractivity contribution in [2.45, 2.75) is 39.3 Å². The predicted molar refractivity (Wildman–Crippen MR) is 97.5 cm³/mol. The lowest BCUT2D eigenvalue weighted by atomic mass is 10.1. The number of aryl methyl sites for hydroxylation is 1. The van der Waals surface area contributed by atoms with E-state index in [0.717, 1.165) is 24.2 Å². The molecule has 7 nitrogen and oxygen atoms in total. The van der Waals surface area contributed by atoms with Crippen LogP contribution in [0, 0.1) is 4.77 Å². The molecule has 0 aliphatic rings. The predicted octanol–water partition coefficient (Wildman–Crippen LogP) is 2.79. The van der Waals surface area contributed by atoms with E-state index < -0.39 is 0 Å². The zero-order valence-electron chi connectivity index (χ0n) is 15.0. The molecular weight excluding hydrogens is 340 g/mol. The molecule has 25 heavy (non-hydrogen) atoms. The molecule has 2 aromatic rings. The number of benzene rings is 1. The summed E-state index contributed by atoms with van der Waals surface area (Å²) in [6, 6.07) is 5.30. The van der Waals surface area contributed by atoms with Gasteiger partial charge in [0.05, 0.1) is 20.3 Å². The second-order valence-electron chi connectivity index (χ2n) is 5.68. The van der Waals surface area contributed by atoms with Gasteiger partial charge in [-0.25, -0.2) is 0 Å². The zero-order valence-corrected chi connectivity index (χ0v) is 15.8. The Morgan fingerprint density at radius 3 is 2.80 bits per heavy atom. The third kappa shape index (κ3) is 4.60. The highest BCUT2D eigenvalue weighted by Crippen LogP contribution is 2.29. The van der Waals surface area contributed by atoms with Crippen LogP contribution in [0.2, 0.25) is 0 Å². The number of carbonyl (C=O) groups excluding carboxylic acids is 1. The summed E-state index contributed by atoms with van der Waals surface area (Å²) < 4.78 is 12.8. The van der Waals surface area contributed by atoms with E-state index in [4.69, 9.17) is 21.7 Å². The normalized spacial score (nSPS) is 11.8. The molecule has 0 aliphatic carbocycles. The third-order valence-corrected chi connectivity index (χ3v) is 4.21. The smallest absolute Gasteiger partial charge is 0.240 e. The Balaban J connectivity index is 2.11. The van der Waals surface area contributed by atoms with Gasteiger partial charge in [0.2, 0.25) is 5.91 Å². The fourth-order valence-electron chi connectivity index (χ4n) is 2.61. The van der Waals surface area contributed by atoms with Gasteiger partial charge in [-0.2, -0.15) is 5.10 Å². The van der Waals surface area contributed by atoms with Gasteiger partial charge in [0.1, 0.15) is 23.9 Å². The largest absolute Gasteiger partial charge is 0.497 e. The third-order valence-electron chi connectivity index (χ3n) is 3.90. The Morgan fingerprint density at radius 1 is 1.40 bits per heavy atom. The van der Waals surface area contributed by atoms with Gasteiger partial charge < -0.3 is 14.8 Å². The van der Waals surface area contributed by atoms with Crippen LogP contribution >= 0.6 is 12.2 Å². The Hall–Kier alpha value is -2.35. The number of aromatic nitrogens is 3. The average molecular weight is 364 g/mol. The van der Waals surface area contributed by atoms with E-state index in [2.05, 4.69) is 22.4 Å². The number of aromatic amines is 1. The van der Waals surface area contributed by atoms with Crippen LogP contribution in [-0.4, -0.2) is 34.9 Å². The van der Waals surface area contributed by atoms with Crippen molar-refractivity contribution in [1.82, 2.24) is 20.1 Å². The minimum absolute atomic E-state index is 0.132. The van der Waals surface area contributed by atoms with Crippen LogP contribution in [0.1, 0.15) is 37.7 Å². The van der Waals surface area contributed by atoms with Crippen LogP contribution in [0.5, 0.6) is 11.5 Å². The number of ether oxygens (including phenoxy) is 2. The van der Waals surface area contributed by atoms with Crippen LogP contribution in [0.3, 0.4) is 0 Å². The summed E-state index contributed by atoms with van der Waals surface area (Å²) in [6.45, 7) is 4.09. The van der Waals surface area contributed by atoms with E-state index in [1.54, 1.807) is 24.9 Å². The first-order valence-electron chi connectivity index (χ1n) is 8.15. The molecule has 0 saturated heterocycles. The maximum Gasteiger partial charge on any atom is 0.240 e. The van der Waals surface area contributed by atoms with E-state index in [0.29, 0.717) is 16.3 Å². The summed E-state index contributed by atoms with van der Waals surface area (Å²) in [4.78, 5) is 12.4. The van der Waals surface area contributed by atoms with Gasteiger partial charge in [-0.1, -0.05) is 6.92 Å². The van der Waals surface area contributed by atoms with Crippen LogP contribution < -0.4 is 14.8 Å². The molecule has 0 bridgehead atoms. The lowest BCUT2D eigenvalue weighted by molar-refractivity contribution is -0.122. The van der Waals surface area contributed by atoms with E-state index >= 15 is 0 Å². The van der Waals surface area contributed by atoms with Gasteiger partial charge in [-0.15, -0.1) is 0 Å². The number of methoxy groups -OCH3 is 2. The van der Waals surface area contributed by atoms with Crippen molar-refractivity contribution >= 4 is 18.1 Å². The maximum absolute atomic E-state index is 12.4. The van der Waals surface area contributed by atoms with E-state index in [1.807, 2.05) is 19.1 Å². The summed E-state index contributed by atoms with van der Waals surface area (Å²) in [6.07, 6.45) is 1.70. The molecule has 1 atom stereocenters. The Kier molecular flexibility index (Phi) is 6.58. The van der Waals surface area contributed by atoms with E-state index in [1.165, 1.54) is 0 Å². The molecule has 1 aromatic carbocycles. The number of carbonyl (C=O) groups is 1. The summed E-state index contributed by atoms with van der Waals surface area (Å²) in [5.41, 5.74) is 0.876. The average Bonchev–Trinajstić information content (AvgIpc) is 2.94. The van der Waals surface area contributed by atoms with Crippen LogP contribution in [0.15, 0.2) is 18.2 Å². The van der Waals surface area contributed by atoms with Gasteiger partial charge >= 0.3 is 0 Å². The van der Waals surface area contributed by atoms with Crippen LogP contribution in [-0.2, 0) is 17.8 Å². The number of hydrogen-bond donors (Lipinski definition) is 2. The minimum Gasteiger partial charge on any atom is -0.497 e. The first-order chi connectivity index (χ1) is 12.0. The highest BCUT2D eigenvalue weighted by molar-refractivity contribution is 7.71. The van der Waals surface area contributed by atoms with Crippen LogP contribution in [0.4, 0.5) is 0 Å². The zero-order chi connectivity index (χ0) is 18.4. The molecule has 1 amide bonds. The Labute approximate surface area is 152 Å². The van der Waals surface area contributed by atoms with Gasteiger partial charge in [-0.05, 0) is 37.7 Å². The van der Waals surface area contributed by atoms with Crippen molar-refractivity contribution in [3.8, 4) is 11.5 Å². The molecule has 1 unspecified atom stereocenters. The molecule has 0 spiro atoms. The number of hydrogen-bond acceptors (Lipinski definition) is 5. The molecule has 0 saturated carbocycles. The standard InChI is InChI=1S/C17H24N4O3S/c1-5-6-15-19-20-17(25)21(15)10-16(22)18-11(2)13-8-7-12(23-3)9-14(13)24-4/h7-9,11H,5-6,10H2,1-4H3,(H,18,22)(H,20,25). The Bertz CT molecular complexity index is 784. The molecule has 1 aromatic heterocycles. The van der Waals surface area contributed by atoms with Crippen molar-refractivity contribution in [2.24, 2.45) is 0 Å². The number of nitrogens with one attached hydrogen (secondary N) is 2. The summed E-state index contributed by atoms with van der Waals surface area (Å²) in [7, 11) is 3.19. The summed E-state index contributed by atoms with van der Waals surface area (Å²) in [5.74, 6) is 2.02. The van der Waals surface area contributed by atoms with Gasteiger partial charge in [-0.3, -0.25) is 14.5 Å². The fourth-order valence-corrected chi connectivity index (χ4v) is 2.83. The van der Waals surface area contributed by atoms with Gasteiger partial charge in [0.25, 0.3) is 0 Å². The highest BCUT2D eigenvalue weighted by atomic mass is 32.1. The molecule has 8 heteroatoms. The number of rotatable bonds is 8. The Morgan fingerprint density at radius 2 is 2.16 bits per heavy atom. The lowest BCUT2D eigenvalue weighted by Crippen LogP contribution is -2.31. The van der Waals surface area contributed by atoms with Crippen LogP contribution in [0.25, 0.3) is 0 Å². The van der Waals surface area contributed by atoms with Crippen molar-refractivity contribution in [3.05, 3.63) is 34.4 Å². The SMILES string of the molecule is CCCc1n[nH]c(=S)n1CC(=O)NC(C)c1ccc(OC)cc1OC. The van der Waals surface area contributed by atoms with Gasteiger partial charge in [0.15, 0.2) is 4.77 Å². The first kappa shape index (κ1) is 19.0. The summed E-state index contributed by atoms with van der Waals surface area (Å²) in [5, 5.41) is 9.89. The van der Waals surface area contributed by atoms with E-state index in [-0.39, 0.29) is 18.5 Å². The monoisotopic (exact) mass is 364 g/mol. The molecule has 0 fully saturated rings. The van der Waals surface area contributed by atoms with Crippen molar-refractivity contribution in [2.75, 3.05) is 14.2 Å². The second kappa shape index (κ2) is 8.66. The quantitative estimate of drug-likeness (QED) is 0.704. The highest BCUT2D eigenvalue weighted by Gasteiger charge is 2.16. The molecule has 0 radical (unpaired) electrons.